The minimum absolute atomic E-state index is 0.0505. The highest BCUT2D eigenvalue weighted by Crippen LogP contribution is 2.30. The standard InChI is InChI=1S/C18H20F3N3O3S/c1-17(2,3)24-28(26,27)15-9-5-8-14(11-15)23-16(25)22-13-7-4-6-12(10-13)18(19,20)21/h4-11,24H,1-3H3,(H2,22,23,25). The number of carbonyl (C=O) groups excluding carboxylic acids is 1. The normalized spacial score (nSPS) is 12.5. The molecule has 2 aromatic carbocycles. The van der Waals surface area contributed by atoms with Crippen LogP contribution in [0.3, 0.4) is 0 Å². The molecule has 0 saturated carbocycles. The lowest BCUT2D eigenvalue weighted by Gasteiger charge is -2.20. The number of rotatable bonds is 4. The fourth-order valence-corrected chi connectivity index (χ4v) is 3.73. The van der Waals surface area contributed by atoms with Crippen molar-refractivity contribution in [2.24, 2.45) is 0 Å². The van der Waals surface area contributed by atoms with Crippen LogP contribution in [-0.4, -0.2) is 20.0 Å². The summed E-state index contributed by atoms with van der Waals surface area (Å²) in [6, 6.07) is 8.88. The molecule has 2 rings (SSSR count). The van der Waals surface area contributed by atoms with Crippen molar-refractivity contribution in [1.82, 2.24) is 4.72 Å². The highest BCUT2D eigenvalue weighted by atomic mass is 32.2. The van der Waals surface area contributed by atoms with E-state index < -0.39 is 33.3 Å². The Morgan fingerprint density at radius 3 is 1.96 bits per heavy atom. The monoisotopic (exact) mass is 415 g/mol. The van der Waals surface area contributed by atoms with Crippen molar-refractivity contribution < 1.29 is 26.4 Å². The van der Waals surface area contributed by atoms with Crippen LogP contribution < -0.4 is 15.4 Å². The fraction of sp³-hybridized carbons (Fsp3) is 0.278. The van der Waals surface area contributed by atoms with E-state index in [0.29, 0.717) is 0 Å². The lowest BCUT2D eigenvalue weighted by molar-refractivity contribution is -0.137. The summed E-state index contributed by atoms with van der Waals surface area (Å²) in [6.45, 7) is 5.07. The van der Waals surface area contributed by atoms with Crippen LogP contribution in [0.25, 0.3) is 0 Å². The summed E-state index contributed by atoms with van der Waals surface area (Å²) >= 11 is 0. The third kappa shape index (κ3) is 6.24. The Balaban J connectivity index is 2.13. The first kappa shape index (κ1) is 21.7. The molecule has 0 fully saturated rings. The van der Waals surface area contributed by atoms with Gasteiger partial charge in [0, 0.05) is 16.9 Å². The van der Waals surface area contributed by atoms with E-state index in [-0.39, 0.29) is 16.3 Å². The number of carbonyl (C=O) groups is 1. The second kappa shape index (κ2) is 7.80. The first-order valence-corrected chi connectivity index (χ1v) is 9.64. The zero-order valence-corrected chi connectivity index (χ0v) is 16.2. The van der Waals surface area contributed by atoms with Crippen molar-refractivity contribution in [3.8, 4) is 0 Å². The molecular formula is C18H20F3N3O3S. The quantitative estimate of drug-likeness (QED) is 0.691. The highest BCUT2D eigenvalue weighted by Gasteiger charge is 2.30. The molecule has 0 aliphatic heterocycles. The van der Waals surface area contributed by atoms with Gasteiger partial charge in [0.05, 0.1) is 10.5 Å². The van der Waals surface area contributed by atoms with E-state index in [1.54, 1.807) is 20.8 Å². The number of hydrogen-bond donors (Lipinski definition) is 3. The van der Waals surface area contributed by atoms with E-state index in [1.165, 1.54) is 36.4 Å². The maximum absolute atomic E-state index is 12.7. The number of hydrogen-bond acceptors (Lipinski definition) is 3. The molecule has 0 saturated heterocycles. The Kier molecular flexibility index (Phi) is 6.05. The van der Waals surface area contributed by atoms with E-state index >= 15 is 0 Å². The smallest absolute Gasteiger partial charge is 0.308 e. The molecule has 10 heteroatoms. The summed E-state index contributed by atoms with van der Waals surface area (Å²) in [5.41, 5.74) is -1.47. The lowest BCUT2D eigenvalue weighted by atomic mass is 10.1. The molecule has 0 aliphatic carbocycles. The van der Waals surface area contributed by atoms with Gasteiger partial charge in [-0.1, -0.05) is 12.1 Å². The molecule has 2 aromatic rings. The Bertz CT molecular complexity index is 968. The predicted molar refractivity (Wildman–Crippen MR) is 101 cm³/mol. The molecule has 0 heterocycles. The molecule has 28 heavy (non-hydrogen) atoms. The Morgan fingerprint density at radius 2 is 1.43 bits per heavy atom. The largest absolute Gasteiger partial charge is 0.416 e. The first-order chi connectivity index (χ1) is 12.8. The first-order valence-electron chi connectivity index (χ1n) is 8.16. The van der Waals surface area contributed by atoms with Crippen LogP contribution in [0.2, 0.25) is 0 Å². The van der Waals surface area contributed by atoms with Crippen molar-refractivity contribution >= 4 is 27.4 Å². The van der Waals surface area contributed by atoms with Gasteiger partial charge in [-0.25, -0.2) is 17.9 Å². The lowest BCUT2D eigenvalue weighted by Crippen LogP contribution is -2.40. The maximum Gasteiger partial charge on any atom is 0.416 e. The molecule has 0 bridgehead atoms. The predicted octanol–water partition coefficient (Wildman–Crippen LogP) is 4.43. The molecule has 0 aliphatic rings. The highest BCUT2D eigenvalue weighted by molar-refractivity contribution is 7.89. The maximum atomic E-state index is 12.7. The van der Waals surface area contributed by atoms with Crippen molar-refractivity contribution in [3.05, 3.63) is 54.1 Å². The van der Waals surface area contributed by atoms with Crippen LogP contribution in [0.1, 0.15) is 26.3 Å². The van der Waals surface area contributed by atoms with E-state index in [1.807, 2.05) is 0 Å². The van der Waals surface area contributed by atoms with Crippen LogP contribution >= 0.6 is 0 Å². The Labute approximate surface area is 161 Å². The summed E-state index contributed by atoms with van der Waals surface area (Å²) in [5, 5.41) is 4.68. The van der Waals surface area contributed by atoms with E-state index in [9.17, 15) is 26.4 Å². The van der Waals surface area contributed by atoms with Crippen molar-refractivity contribution in [2.45, 2.75) is 37.4 Å². The van der Waals surface area contributed by atoms with Crippen LogP contribution in [0.5, 0.6) is 0 Å². The summed E-state index contributed by atoms with van der Waals surface area (Å²) in [6.07, 6.45) is -4.53. The van der Waals surface area contributed by atoms with Gasteiger partial charge in [0.25, 0.3) is 0 Å². The van der Waals surface area contributed by atoms with Gasteiger partial charge >= 0.3 is 12.2 Å². The second-order valence-electron chi connectivity index (χ2n) is 7.04. The van der Waals surface area contributed by atoms with Gasteiger partial charge in [0.15, 0.2) is 0 Å². The molecule has 6 nitrogen and oxygen atoms in total. The fourth-order valence-electron chi connectivity index (χ4n) is 2.27. The van der Waals surface area contributed by atoms with Gasteiger partial charge in [-0.3, -0.25) is 0 Å². The van der Waals surface area contributed by atoms with Crippen molar-refractivity contribution in [2.75, 3.05) is 10.6 Å². The van der Waals surface area contributed by atoms with Gasteiger partial charge in [-0.15, -0.1) is 0 Å². The zero-order valence-electron chi connectivity index (χ0n) is 15.4. The Morgan fingerprint density at radius 1 is 0.893 bits per heavy atom. The van der Waals surface area contributed by atoms with E-state index in [0.717, 1.165) is 12.1 Å². The second-order valence-corrected chi connectivity index (χ2v) is 8.72. The molecule has 0 aromatic heterocycles. The van der Waals surface area contributed by atoms with Gasteiger partial charge in [0.1, 0.15) is 0 Å². The van der Waals surface area contributed by atoms with Crippen molar-refractivity contribution in [3.63, 3.8) is 0 Å². The molecule has 0 unspecified atom stereocenters. The number of alkyl halides is 3. The summed E-state index contributed by atoms with van der Waals surface area (Å²) in [7, 11) is -3.80. The van der Waals surface area contributed by atoms with Crippen LogP contribution in [-0.2, 0) is 16.2 Å². The number of urea groups is 1. The SMILES string of the molecule is CC(C)(C)NS(=O)(=O)c1cccc(NC(=O)Nc2cccc(C(F)(F)F)c2)c1. The number of benzene rings is 2. The third-order valence-corrected chi connectivity index (χ3v) is 5.05. The van der Waals surface area contributed by atoms with Gasteiger partial charge in [0.2, 0.25) is 10.0 Å². The number of sulfonamides is 1. The number of amides is 2. The number of nitrogens with one attached hydrogen (secondary N) is 3. The molecule has 0 atom stereocenters. The molecule has 0 radical (unpaired) electrons. The van der Waals surface area contributed by atoms with E-state index in [4.69, 9.17) is 0 Å². The molecule has 2 amide bonds. The van der Waals surface area contributed by atoms with Gasteiger partial charge in [-0.05, 0) is 57.2 Å². The molecule has 152 valence electrons. The zero-order chi connectivity index (χ0) is 21.2. The topological polar surface area (TPSA) is 87.3 Å². The summed E-state index contributed by atoms with van der Waals surface area (Å²) in [4.78, 5) is 12.0. The minimum atomic E-state index is -4.53. The van der Waals surface area contributed by atoms with Crippen LogP contribution in [0.15, 0.2) is 53.4 Å². The summed E-state index contributed by atoms with van der Waals surface area (Å²) < 4.78 is 65.4. The van der Waals surface area contributed by atoms with Crippen molar-refractivity contribution in [1.29, 1.82) is 0 Å². The minimum Gasteiger partial charge on any atom is -0.308 e. The van der Waals surface area contributed by atoms with Gasteiger partial charge < -0.3 is 10.6 Å². The van der Waals surface area contributed by atoms with Crippen LogP contribution in [0.4, 0.5) is 29.3 Å². The van der Waals surface area contributed by atoms with Crippen LogP contribution in [0, 0.1) is 0 Å². The Hall–Kier alpha value is -2.59. The third-order valence-electron chi connectivity index (χ3n) is 3.29. The molecule has 3 N–H and O–H groups in total. The molecular weight excluding hydrogens is 395 g/mol. The van der Waals surface area contributed by atoms with E-state index in [2.05, 4.69) is 15.4 Å². The average molecular weight is 415 g/mol. The number of halogens is 3. The average Bonchev–Trinajstić information content (AvgIpc) is 2.52. The number of anilines is 2. The van der Waals surface area contributed by atoms with Gasteiger partial charge in [-0.2, -0.15) is 13.2 Å². The summed E-state index contributed by atoms with van der Waals surface area (Å²) in [5.74, 6) is 0. The molecule has 0 spiro atoms.